The van der Waals surface area contributed by atoms with Crippen LogP contribution in [0.3, 0.4) is 0 Å². The van der Waals surface area contributed by atoms with Crippen LogP contribution in [0.5, 0.6) is 0 Å². The predicted octanol–water partition coefficient (Wildman–Crippen LogP) is 4.36. The lowest BCUT2D eigenvalue weighted by atomic mass is 9.87. The molecule has 2 rings (SSSR count). The topological polar surface area (TPSA) is 69.7 Å². The summed E-state index contributed by atoms with van der Waals surface area (Å²) < 4.78 is 10.2. The molecule has 142 valence electrons. The molecule has 0 radical (unpaired) electrons. The molecule has 0 saturated heterocycles. The van der Waals surface area contributed by atoms with E-state index in [9.17, 15) is 14.4 Å². The molecule has 0 aliphatic rings. The van der Waals surface area contributed by atoms with Crippen molar-refractivity contribution in [2.24, 2.45) is 0 Å². The van der Waals surface area contributed by atoms with Crippen LogP contribution in [0, 0.1) is 0 Å². The Morgan fingerprint density at radius 2 is 1.52 bits per heavy atom. The Bertz CT molecular complexity index is 801. The van der Waals surface area contributed by atoms with Crippen molar-refractivity contribution in [3.05, 3.63) is 71.3 Å². The van der Waals surface area contributed by atoms with Crippen LogP contribution >= 0.6 is 0 Å². The zero-order valence-corrected chi connectivity index (χ0v) is 16.0. The second-order valence-electron chi connectivity index (χ2n) is 7.17. The van der Waals surface area contributed by atoms with Gasteiger partial charge in [-0.25, -0.2) is 9.59 Å². The third-order valence-corrected chi connectivity index (χ3v) is 4.03. The number of carbonyl (C=O) groups is 3. The number of carbonyl (C=O) groups excluding carboxylic acids is 3. The highest BCUT2D eigenvalue weighted by Crippen LogP contribution is 2.24. The van der Waals surface area contributed by atoms with E-state index in [1.54, 1.807) is 49.4 Å². The molecule has 1 atom stereocenters. The fourth-order valence-electron chi connectivity index (χ4n) is 2.40. The lowest BCUT2D eigenvalue weighted by molar-refractivity contribution is -0.166. The molecule has 2 aromatic rings. The largest absolute Gasteiger partial charge is 0.442 e. The van der Waals surface area contributed by atoms with Gasteiger partial charge in [-0.3, -0.25) is 4.79 Å². The zero-order chi connectivity index (χ0) is 20.0. The quantitative estimate of drug-likeness (QED) is 0.579. The average Bonchev–Trinajstić information content (AvgIpc) is 2.65. The highest BCUT2D eigenvalue weighted by Gasteiger charge is 2.29. The summed E-state index contributed by atoms with van der Waals surface area (Å²) in [6.45, 7) is 7.81. The normalized spacial score (nSPS) is 12.1. The summed E-state index contributed by atoms with van der Waals surface area (Å²) in [7, 11) is 0. The second kappa shape index (κ2) is 8.62. The Hall–Kier alpha value is -2.95. The van der Waals surface area contributed by atoms with Gasteiger partial charge in [-0.2, -0.15) is 0 Å². The molecule has 0 saturated carbocycles. The molecule has 5 heteroatoms. The third kappa shape index (κ3) is 5.51. The molecule has 0 heterocycles. The SMILES string of the molecule is CCC(=O)OC(=O)C(OC(=O)c1ccc(C(C)(C)C)cc1)c1ccccc1. The molecule has 0 N–H and O–H groups in total. The Morgan fingerprint density at radius 1 is 0.926 bits per heavy atom. The van der Waals surface area contributed by atoms with Gasteiger partial charge in [0.25, 0.3) is 0 Å². The summed E-state index contributed by atoms with van der Waals surface area (Å²) >= 11 is 0. The molecule has 0 bridgehead atoms. The summed E-state index contributed by atoms with van der Waals surface area (Å²) in [5.74, 6) is -2.25. The van der Waals surface area contributed by atoms with E-state index in [1.165, 1.54) is 0 Å². The van der Waals surface area contributed by atoms with E-state index < -0.39 is 24.0 Å². The fourth-order valence-corrected chi connectivity index (χ4v) is 2.40. The summed E-state index contributed by atoms with van der Waals surface area (Å²) in [5, 5.41) is 0. The molecule has 0 spiro atoms. The number of esters is 3. The van der Waals surface area contributed by atoms with Gasteiger partial charge >= 0.3 is 17.9 Å². The van der Waals surface area contributed by atoms with E-state index in [1.807, 2.05) is 12.1 Å². The van der Waals surface area contributed by atoms with Crippen molar-refractivity contribution in [2.45, 2.75) is 45.6 Å². The van der Waals surface area contributed by atoms with Crippen molar-refractivity contribution in [1.82, 2.24) is 0 Å². The van der Waals surface area contributed by atoms with Crippen molar-refractivity contribution in [3.63, 3.8) is 0 Å². The second-order valence-corrected chi connectivity index (χ2v) is 7.17. The van der Waals surface area contributed by atoms with Crippen molar-refractivity contribution in [2.75, 3.05) is 0 Å². The van der Waals surface area contributed by atoms with Gasteiger partial charge in [0.05, 0.1) is 5.56 Å². The number of ether oxygens (including phenoxy) is 2. The van der Waals surface area contributed by atoms with Crippen LogP contribution in [0.4, 0.5) is 0 Å². The minimum absolute atomic E-state index is 0.0423. The van der Waals surface area contributed by atoms with E-state index >= 15 is 0 Å². The number of hydrogen-bond acceptors (Lipinski definition) is 5. The molecule has 0 aromatic heterocycles. The van der Waals surface area contributed by atoms with E-state index in [0.29, 0.717) is 11.1 Å². The molecule has 0 aliphatic carbocycles. The van der Waals surface area contributed by atoms with Gasteiger partial charge in [-0.1, -0.05) is 70.2 Å². The summed E-state index contributed by atoms with van der Waals surface area (Å²) in [5.41, 5.74) is 1.79. The summed E-state index contributed by atoms with van der Waals surface area (Å²) in [4.78, 5) is 36.3. The van der Waals surface area contributed by atoms with Crippen molar-refractivity contribution in [1.29, 1.82) is 0 Å². The molecular formula is C22H24O5. The highest BCUT2D eigenvalue weighted by molar-refractivity contribution is 5.94. The molecule has 0 amide bonds. The third-order valence-electron chi connectivity index (χ3n) is 4.03. The van der Waals surface area contributed by atoms with Crippen LogP contribution in [0.25, 0.3) is 0 Å². The monoisotopic (exact) mass is 368 g/mol. The van der Waals surface area contributed by atoms with Crippen molar-refractivity contribution < 1.29 is 23.9 Å². The Kier molecular flexibility index (Phi) is 6.50. The molecule has 5 nitrogen and oxygen atoms in total. The first-order valence-corrected chi connectivity index (χ1v) is 8.83. The molecule has 0 aliphatic heterocycles. The predicted molar refractivity (Wildman–Crippen MR) is 101 cm³/mol. The van der Waals surface area contributed by atoms with E-state index in [0.717, 1.165) is 5.56 Å². The molecule has 0 fully saturated rings. The molecule has 1 unspecified atom stereocenters. The Balaban J connectivity index is 2.23. The standard InChI is InChI=1S/C22H24O5/c1-5-18(23)26-21(25)19(15-9-7-6-8-10-15)27-20(24)16-11-13-17(14-12-16)22(2,3)4/h6-14,19H,5H2,1-4H3. The average molecular weight is 368 g/mol. The zero-order valence-electron chi connectivity index (χ0n) is 16.0. The maximum atomic E-state index is 12.5. The fraction of sp³-hybridized carbons (Fsp3) is 0.318. The summed E-state index contributed by atoms with van der Waals surface area (Å²) in [6, 6.07) is 15.5. The van der Waals surface area contributed by atoms with E-state index in [2.05, 4.69) is 20.8 Å². The van der Waals surface area contributed by atoms with Gasteiger partial charge in [0.15, 0.2) is 0 Å². The lowest BCUT2D eigenvalue weighted by Gasteiger charge is -2.19. The van der Waals surface area contributed by atoms with Gasteiger partial charge in [0.1, 0.15) is 0 Å². The first-order valence-electron chi connectivity index (χ1n) is 8.83. The Morgan fingerprint density at radius 3 is 2.04 bits per heavy atom. The van der Waals surface area contributed by atoms with Crippen molar-refractivity contribution in [3.8, 4) is 0 Å². The molecule has 27 heavy (non-hydrogen) atoms. The maximum absolute atomic E-state index is 12.5. The highest BCUT2D eigenvalue weighted by atomic mass is 16.6. The van der Waals surface area contributed by atoms with Crippen LogP contribution < -0.4 is 0 Å². The number of rotatable bonds is 5. The summed E-state index contributed by atoms with van der Waals surface area (Å²) in [6.07, 6.45) is -1.26. The number of benzene rings is 2. The van der Waals surface area contributed by atoms with Gasteiger partial charge in [0, 0.05) is 12.0 Å². The smallest absolute Gasteiger partial charge is 0.359 e. The van der Waals surface area contributed by atoms with Gasteiger partial charge < -0.3 is 9.47 Å². The van der Waals surface area contributed by atoms with Crippen molar-refractivity contribution >= 4 is 17.9 Å². The lowest BCUT2D eigenvalue weighted by Crippen LogP contribution is -2.24. The minimum Gasteiger partial charge on any atom is -0.442 e. The van der Waals surface area contributed by atoms with Crippen LogP contribution in [0.15, 0.2) is 54.6 Å². The van der Waals surface area contributed by atoms with E-state index in [4.69, 9.17) is 9.47 Å². The van der Waals surface area contributed by atoms with E-state index in [-0.39, 0.29) is 11.8 Å². The van der Waals surface area contributed by atoms with Crippen LogP contribution in [0.2, 0.25) is 0 Å². The first-order chi connectivity index (χ1) is 12.7. The molecule has 2 aromatic carbocycles. The van der Waals surface area contributed by atoms with Crippen LogP contribution in [-0.4, -0.2) is 17.9 Å². The molecular weight excluding hydrogens is 344 g/mol. The van der Waals surface area contributed by atoms with Gasteiger partial charge in [-0.05, 0) is 23.1 Å². The Labute approximate surface area is 159 Å². The maximum Gasteiger partial charge on any atom is 0.359 e. The minimum atomic E-state index is -1.31. The first kappa shape index (κ1) is 20.4. The van der Waals surface area contributed by atoms with Gasteiger partial charge in [0.2, 0.25) is 6.10 Å². The van der Waals surface area contributed by atoms with Gasteiger partial charge in [-0.15, -0.1) is 0 Å². The number of hydrogen-bond donors (Lipinski definition) is 0. The van der Waals surface area contributed by atoms with Crippen LogP contribution in [0.1, 0.15) is 61.7 Å². The van der Waals surface area contributed by atoms with Crippen LogP contribution in [-0.2, 0) is 24.5 Å².